The molecule has 134 valence electrons. The molecule has 0 spiro atoms. The molecule has 2 heterocycles. The molecule has 2 aromatic rings. The molecule has 25 heavy (non-hydrogen) atoms. The number of aromatic amines is 1. The fraction of sp³-hybridized carbons (Fsp3) is 0.526. The van der Waals surface area contributed by atoms with E-state index in [9.17, 15) is 9.59 Å². The van der Waals surface area contributed by atoms with E-state index in [1.165, 1.54) is 0 Å². The molecule has 6 heteroatoms. The molecule has 1 N–H and O–H groups in total. The van der Waals surface area contributed by atoms with Crippen LogP contribution < -0.4 is 0 Å². The second kappa shape index (κ2) is 6.86. The number of hydrogen-bond acceptors (Lipinski definition) is 3. The SMILES string of the molecule is CC(C)C(=O)N1CCN(C(=O)c2ccc3nc(C(C)C)[nH]c3c2)CC1. The highest BCUT2D eigenvalue weighted by Gasteiger charge is 2.26. The zero-order valence-corrected chi connectivity index (χ0v) is 15.4. The molecule has 1 aliphatic rings. The van der Waals surface area contributed by atoms with Crippen LogP contribution in [0.15, 0.2) is 18.2 Å². The Hall–Kier alpha value is -2.37. The van der Waals surface area contributed by atoms with Crippen LogP contribution in [0.1, 0.15) is 49.8 Å². The van der Waals surface area contributed by atoms with Crippen molar-refractivity contribution < 1.29 is 9.59 Å². The molecule has 0 unspecified atom stereocenters. The monoisotopic (exact) mass is 342 g/mol. The van der Waals surface area contributed by atoms with Gasteiger partial charge in [-0.3, -0.25) is 9.59 Å². The molecule has 6 nitrogen and oxygen atoms in total. The maximum Gasteiger partial charge on any atom is 0.254 e. The number of rotatable bonds is 3. The Kier molecular flexibility index (Phi) is 4.79. The van der Waals surface area contributed by atoms with Crippen LogP contribution in [0, 0.1) is 5.92 Å². The summed E-state index contributed by atoms with van der Waals surface area (Å²) in [5, 5.41) is 0. The lowest BCUT2D eigenvalue weighted by Gasteiger charge is -2.35. The lowest BCUT2D eigenvalue weighted by atomic mass is 10.1. The maximum absolute atomic E-state index is 12.8. The Morgan fingerprint density at radius 1 is 1.04 bits per heavy atom. The number of amides is 2. The molecular formula is C19H26N4O2. The van der Waals surface area contributed by atoms with Crippen molar-refractivity contribution in [2.75, 3.05) is 26.2 Å². The largest absolute Gasteiger partial charge is 0.342 e. The van der Waals surface area contributed by atoms with Gasteiger partial charge in [-0.2, -0.15) is 0 Å². The summed E-state index contributed by atoms with van der Waals surface area (Å²) in [7, 11) is 0. The second-order valence-corrected chi connectivity index (χ2v) is 7.28. The van der Waals surface area contributed by atoms with Crippen molar-refractivity contribution in [2.24, 2.45) is 5.92 Å². The molecule has 1 aliphatic heterocycles. The summed E-state index contributed by atoms with van der Waals surface area (Å²) in [5.41, 5.74) is 2.44. The predicted octanol–water partition coefficient (Wildman–Crippen LogP) is 2.63. The number of carbonyl (C=O) groups is 2. The normalized spacial score (nSPS) is 15.4. The van der Waals surface area contributed by atoms with Crippen LogP contribution in [0.3, 0.4) is 0 Å². The summed E-state index contributed by atoms with van der Waals surface area (Å²) >= 11 is 0. The van der Waals surface area contributed by atoms with Crippen LogP contribution in [0.4, 0.5) is 0 Å². The van der Waals surface area contributed by atoms with Crippen LogP contribution in [0.2, 0.25) is 0 Å². The van der Waals surface area contributed by atoms with Crippen molar-refractivity contribution in [3.63, 3.8) is 0 Å². The quantitative estimate of drug-likeness (QED) is 0.932. The third-order valence-corrected chi connectivity index (χ3v) is 4.67. The highest BCUT2D eigenvalue weighted by molar-refractivity contribution is 5.97. The van der Waals surface area contributed by atoms with Gasteiger partial charge in [-0.1, -0.05) is 27.7 Å². The average Bonchev–Trinajstić information content (AvgIpc) is 3.04. The Balaban J connectivity index is 1.71. The first-order chi connectivity index (χ1) is 11.9. The van der Waals surface area contributed by atoms with E-state index < -0.39 is 0 Å². The lowest BCUT2D eigenvalue weighted by Crippen LogP contribution is -2.51. The van der Waals surface area contributed by atoms with Gasteiger partial charge in [0.05, 0.1) is 11.0 Å². The molecule has 1 fully saturated rings. The summed E-state index contributed by atoms with van der Waals surface area (Å²) in [4.78, 5) is 36.4. The highest BCUT2D eigenvalue weighted by atomic mass is 16.2. The van der Waals surface area contributed by atoms with Gasteiger partial charge in [0.2, 0.25) is 5.91 Å². The maximum atomic E-state index is 12.8. The molecule has 1 aromatic carbocycles. The van der Waals surface area contributed by atoms with Gasteiger partial charge in [0, 0.05) is 43.6 Å². The van der Waals surface area contributed by atoms with Gasteiger partial charge in [0.15, 0.2) is 0 Å². The van der Waals surface area contributed by atoms with E-state index in [2.05, 4.69) is 23.8 Å². The Bertz CT molecular complexity index is 786. The lowest BCUT2D eigenvalue weighted by molar-refractivity contribution is -0.135. The van der Waals surface area contributed by atoms with Gasteiger partial charge >= 0.3 is 0 Å². The van der Waals surface area contributed by atoms with Crippen molar-refractivity contribution >= 4 is 22.8 Å². The van der Waals surface area contributed by atoms with E-state index in [-0.39, 0.29) is 17.7 Å². The van der Waals surface area contributed by atoms with Crippen molar-refractivity contribution in [3.8, 4) is 0 Å². The topological polar surface area (TPSA) is 69.3 Å². The number of carbonyl (C=O) groups excluding carboxylic acids is 2. The zero-order chi connectivity index (χ0) is 18.1. The first-order valence-electron chi connectivity index (χ1n) is 8.94. The fourth-order valence-corrected chi connectivity index (χ4v) is 3.11. The highest BCUT2D eigenvalue weighted by Crippen LogP contribution is 2.19. The second-order valence-electron chi connectivity index (χ2n) is 7.28. The molecule has 0 aliphatic carbocycles. The minimum absolute atomic E-state index is 0.000176. The van der Waals surface area contributed by atoms with E-state index >= 15 is 0 Å². The number of fused-ring (bicyclic) bond motifs is 1. The van der Waals surface area contributed by atoms with Crippen molar-refractivity contribution in [3.05, 3.63) is 29.6 Å². The van der Waals surface area contributed by atoms with Crippen LogP contribution in [-0.2, 0) is 4.79 Å². The predicted molar refractivity (Wildman–Crippen MR) is 97.5 cm³/mol. The number of aromatic nitrogens is 2. The molecule has 0 saturated carbocycles. The van der Waals surface area contributed by atoms with Crippen molar-refractivity contribution in [2.45, 2.75) is 33.6 Å². The number of piperazine rings is 1. The van der Waals surface area contributed by atoms with Crippen LogP contribution in [-0.4, -0.2) is 57.8 Å². The molecule has 1 aromatic heterocycles. The molecule has 0 bridgehead atoms. The van der Waals surface area contributed by atoms with Gasteiger partial charge < -0.3 is 14.8 Å². The van der Waals surface area contributed by atoms with Crippen LogP contribution in [0.25, 0.3) is 11.0 Å². The molecule has 3 rings (SSSR count). The van der Waals surface area contributed by atoms with Gasteiger partial charge in [-0.05, 0) is 18.2 Å². The van der Waals surface area contributed by atoms with Crippen LogP contribution >= 0.6 is 0 Å². The molecule has 2 amide bonds. The molecule has 0 atom stereocenters. The fourth-order valence-electron chi connectivity index (χ4n) is 3.11. The van der Waals surface area contributed by atoms with Gasteiger partial charge in [0.1, 0.15) is 5.82 Å². The standard InChI is InChI=1S/C19H26N4O2/c1-12(2)17-20-15-6-5-14(11-16(15)21-17)19(25)23-9-7-22(8-10-23)18(24)13(3)4/h5-6,11-13H,7-10H2,1-4H3,(H,20,21). The number of hydrogen-bond donors (Lipinski definition) is 1. The van der Waals surface area contributed by atoms with Crippen LogP contribution in [0.5, 0.6) is 0 Å². The first kappa shape index (κ1) is 17.5. The summed E-state index contributed by atoms with van der Waals surface area (Å²) in [6.07, 6.45) is 0. The zero-order valence-electron chi connectivity index (χ0n) is 15.4. The van der Waals surface area contributed by atoms with E-state index in [1.807, 2.05) is 41.8 Å². The third-order valence-electron chi connectivity index (χ3n) is 4.67. The minimum Gasteiger partial charge on any atom is -0.342 e. The van der Waals surface area contributed by atoms with Crippen molar-refractivity contribution in [1.29, 1.82) is 0 Å². The molecule has 1 saturated heterocycles. The summed E-state index contributed by atoms with van der Waals surface area (Å²) < 4.78 is 0. The van der Waals surface area contributed by atoms with Gasteiger partial charge in [0.25, 0.3) is 5.91 Å². The summed E-state index contributed by atoms with van der Waals surface area (Å²) in [6.45, 7) is 10.4. The summed E-state index contributed by atoms with van der Waals surface area (Å²) in [5.74, 6) is 1.42. The molecule has 0 radical (unpaired) electrons. The average molecular weight is 342 g/mol. The Labute approximate surface area is 148 Å². The minimum atomic E-state index is 0.000176. The number of H-pyrrole nitrogens is 1. The number of imidazole rings is 1. The number of nitrogens with zero attached hydrogens (tertiary/aromatic N) is 3. The Morgan fingerprint density at radius 2 is 1.68 bits per heavy atom. The van der Waals surface area contributed by atoms with Gasteiger partial charge in [-0.25, -0.2) is 4.98 Å². The first-order valence-corrected chi connectivity index (χ1v) is 8.94. The number of nitrogens with one attached hydrogen (secondary N) is 1. The van der Waals surface area contributed by atoms with E-state index in [1.54, 1.807) is 0 Å². The van der Waals surface area contributed by atoms with E-state index in [0.29, 0.717) is 37.7 Å². The van der Waals surface area contributed by atoms with Gasteiger partial charge in [-0.15, -0.1) is 0 Å². The Morgan fingerprint density at radius 3 is 2.28 bits per heavy atom. The molecular weight excluding hydrogens is 316 g/mol. The number of benzene rings is 1. The van der Waals surface area contributed by atoms with Crippen molar-refractivity contribution in [1.82, 2.24) is 19.8 Å². The third kappa shape index (κ3) is 3.52. The smallest absolute Gasteiger partial charge is 0.254 e. The summed E-state index contributed by atoms with van der Waals surface area (Å²) in [6, 6.07) is 5.60. The van der Waals surface area contributed by atoms with E-state index in [0.717, 1.165) is 16.9 Å². The van der Waals surface area contributed by atoms with E-state index in [4.69, 9.17) is 0 Å².